The number of carbonyl (C=O) groups excluding carboxylic acids is 1. The van der Waals surface area contributed by atoms with Gasteiger partial charge in [-0.1, -0.05) is 24.3 Å². The summed E-state index contributed by atoms with van der Waals surface area (Å²) < 4.78 is 16.0. The van der Waals surface area contributed by atoms with E-state index in [1.165, 1.54) is 12.4 Å². The number of nitrogens with zero attached hydrogens (tertiary/aromatic N) is 2. The molecule has 0 spiro atoms. The number of esters is 1. The lowest BCUT2D eigenvalue weighted by Crippen LogP contribution is -2.58. The van der Waals surface area contributed by atoms with Crippen LogP contribution in [0.4, 0.5) is 0 Å². The van der Waals surface area contributed by atoms with Gasteiger partial charge in [0.05, 0.1) is 19.8 Å². The van der Waals surface area contributed by atoms with E-state index in [0.29, 0.717) is 16.9 Å². The molecule has 1 aromatic carbocycles. The van der Waals surface area contributed by atoms with Crippen molar-refractivity contribution in [2.45, 2.75) is 36.8 Å². The normalized spacial score (nSPS) is 24.9. The first kappa shape index (κ1) is 25.0. The predicted octanol–water partition coefficient (Wildman–Crippen LogP) is 1.48. The van der Waals surface area contributed by atoms with Crippen LogP contribution < -0.4 is 4.74 Å². The molecule has 34 heavy (non-hydrogen) atoms. The van der Waals surface area contributed by atoms with E-state index < -0.39 is 35.9 Å². The maximum absolute atomic E-state index is 12.3. The topological polar surface area (TPSA) is 148 Å². The molecule has 1 aromatic heterocycles. The number of aliphatic hydroxyl groups is 2. The van der Waals surface area contributed by atoms with Gasteiger partial charge in [0.2, 0.25) is 0 Å². The van der Waals surface area contributed by atoms with Gasteiger partial charge in [-0.3, -0.25) is 0 Å². The van der Waals surface area contributed by atoms with Crippen LogP contribution in [0.5, 0.6) is 5.75 Å². The van der Waals surface area contributed by atoms with E-state index in [9.17, 15) is 24.9 Å². The van der Waals surface area contributed by atoms with E-state index in [2.05, 4.69) is 9.97 Å². The standard InChI is InChI=1S/C24H26N2O8/c1-32-18-7-4-16(5-8-18)6-9-21(28)34-20-12-24(23(30)31,11-19(27)22(20)29)33-10-2-3-17-13-25-15-26-14-17/h2-9,13-15,19-20,22,27,29H,10-12H2,1H3,(H,30,31)/t19-,20+,22+,24-/m0/s1. The van der Waals surface area contributed by atoms with E-state index >= 15 is 0 Å². The summed E-state index contributed by atoms with van der Waals surface area (Å²) in [6, 6.07) is 6.93. The van der Waals surface area contributed by atoms with Crippen molar-refractivity contribution >= 4 is 24.1 Å². The van der Waals surface area contributed by atoms with Crippen LogP contribution >= 0.6 is 0 Å². The SMILES string of the molecule is COc1ccc(C=CC(=O)O[C@@H]2C[C@](OCC=Cc3cncnc3)(C(=O)O)C[C@H](O)[C@H]2O)cc1. The number of carbonyl (C=O) groups is 2. The Morgan fingerprint density at radius 3 is 2.44 bits per heavy atom. The van der Waals surface area contributed by atoms with E-state index in [1.807, 2.05) is 0 Å². The largest absolute Gasteiger partial charge is 0.497 e. The summed E-state index contributed by atoms with van der Waals surface area (Å²) in [6.07, 6.45) is 5.56. The van der Waals surface area contributed by atoms with E-state index in [0.717, 1.165) is 6.08 Å². The molecule has 0 saturated heterocycles. The molecule has 1 aliphatic carbocycles. The van der Waals surface area contributed by atoms with Crippen LogP contribution in [0.1, 0.15) is 24.0 Å². The first-order valence-electron chi connectivity index (χ1n) is 10.5. The fourth-order valence-corrected chi connectivity index (χ4v) is 3.56. The smallest absolute Gasteiger partial charge is 0.336 e. The van der Waals surface area contributed by atoms with Crippen molar-refractivity contribution in [3.63, 3.8) is 0 Å². The number of aliphatic hydroxyl groups excluding tert-OH is 2. The number of ether oxygens (including phenoxy) is 3. The molecule has 0 radical (unpaired) electrons. The fourth-order valence-electron chi connectivity index (χ4n) is 3.56. The molecule has 1 saturated carbocycles. The Kier molecular flexibility index (Phi) is 8.47. The number of carboxylic acids is 1. The van der Waals surface area contributed by atoms with Crippen molar-refractivity contribution < 1.29 is 39.1 Å². The van der Waals surface area contributed by atoms with Gasteiger partial charge < -0.3 is 29.5 Å². The molecular weight excluding hydrogens is 444 g/mol. The number of carboxylic acid groups (broad SMARTS) is 1. The van der Waals surface area contributed by atoms with E-state index in [1.54, 1.807) is 55.9 Å². The van der Waals surface area contributed by atoms with Gasteiger partial charge in [-0.25, -0.2) is 19.6 Å². The first-order valence-corrected chi connectivity index (χ1v) is 10.5. The number of aromatic nitrogens is 2. The number of benzene rings is 1. The van der Waals surface area contributed by atoms with Gasteiger partial charge in [-0.2, -0.15) is 0 Å². The minimum absolute atomic E-state index is 0.0952. The van der Waals surface area contributed by atoms with Crippen molar-refractivity contribution in [1.29, 1.82) is 0 Å². The molecule has 10 nitrogen and oxygen atoms in total. The molecule has 3 rings (SSSR count). The Bertz CT molecular complexity index is 1030. The highest BCUT2D eigenvalue weighted by Crippen LogP contribution is 2.34. The third kappa shape index (κ3) is 6.47. The fraction of sp³-hybridized carbons (Fsp3) is 0.333. The zero-order chi connectivity index (χ0) is 24.6. The van der Waals surface area contributed by atoms with Crippen molar-refractivity contribution in [1.82, 2.24) is 9.97 Å². The number of hydrogen-bond acceptors (Lipinski definition) is 9. The first-order chi connectivity index (χ1) is 16.3. The summed E-state index contributed by atoms with van der Waals surface area (Å²) in [5.41, 5.74) is -0.438. The summed E-state index contributed by atoms with van der Waals surface area (Å²) >= 11 is 0. The summed E-state index contributed by atoms with van der Waals surface area (Å²) in [6.45, 7) is -0.0952. The van der Waals surface area contributed by atoms with Gasteiger partial charge in [-0.05, 0) is 23.8 Å². The van der Waals surface area contributed by atoms with E-state index in [4.69, 9.17) is 14.2 Å². The van der Waals surface area contributed by atoms with Crippen molar-refractivity contribution in [3.05, 3.63) is 66.3 Å². The predicted molar refractivity (Wildman–Crippen MR) is 121 cm³/mol. The Morgan fingerprint density at radius 2 is 1.79 bits per heavy atom. The second-order valence-electron chi connectivity index (χ2n) is 7.73. The van der Waals surface area contributed by atoms with Crippen molar-refractivity contribution in [3.8, 4) is 5.75 Å². The maximum Gasteiger partial charge on any atom is 0.336 e. The number of methoxy groups -OCH3 is 1. The van der Waals surface area contributed by atoms with Crippen molar-refractivity contribution in [2.24, 2.45) is 0 Å². The average Bonchev–Trinajstić information content (AvgIpc) is 2.84. The lowest BCUT2D eigenvalue weighted by Gasteiger charge is -2.41. The summed E-state index contributed by atoms with van der Waals surface area (Å²) in [5, 5.41) is 30.4. The molecule has 2 aromatic rings. The van der Waals surface area contributed by atoms with Crippen LogP contribution in [0, 0.1) is 0 Å². The Balaban J connectivity index is 1.65. The molecule has 180 valence electrons. The maximum atomic E-state index is 12.3. The summed E-state index contributed by atoms with van der Waals surface area (Å²) in [4.78, 5) is 32.1. The second-order valence-corrected chi connectivity index (χ2v) is 7.73. The van der Waals surface area contributed by atoms with Crippen LogP contribution in [-0.2, 0) is 19.1 Å². The zero-order valence-electron chi connectivity index (χ0n) is 18.5. The van der Waals surface area contributed by atoms with Gasteiger partial charge in [0.1, 0.15) is 24.3 Å². The number of rotatable bonds is 9. The van der Waals surface area contributed by atoms with Crippen LogP contribution in [0.2, 0.25) is 0 Å². The molecule has 1 heterocycles. The Labute approximate surface area is 196 Å². The molecule has 0 bridgehead atoms. The van der Waals surface area contributed by atoms with Gasteiger partial charge in [0.15, 0.2) is 5.60 Å². The van der Waals surface area contributed by atoms with Gasteiger partial charge >= 0.3 is 11.9 Å². The molecular formula is C24H26N2O8. The molecule has 0 aliphatic heterocycles. The average molecular weight is 470 g/mol. The number of aliphatic carboxylic acids is 1. The van der Waals surface area contributed by atoms with Crippen LogP contribution in [0.3, 0.4) is 0 Å². The molecule has 4 atom stereocenters. The molecule has 10 heteroatoms. The highest BCUT2D eigenvalue weighted by atomic mass is 16.6. The summed E-state index contributed by atoms with van der Waals surface area (Å²) in [5.74, 6) is -1.46. The highest BCUT2D eigenvalue weighted by Gasteiger charge is 2.52. The minimum atomic E-state index is -1.85. The lowest BCUT2D eigenvalue weighted by molar-refractivity contribution is -0.204. The third-order valence-corrected chi connectivity index (χ3v) is 5.38. The quantitative estimate of drug-likeness (QED) is 0.363. The van der Waals surface area contributed by atoms with E-state index in [-0.39, 0.29) is 19.4 Å². The summed E-state index contributed by atoms with van der Waals surface area (Å²) in [7, 11) is 1.54. The van der Waals surface area contributed by atoms with Crippen molar-refractivity contribution in [2.75, 3.05) is 13.7 Å². The number of hydrogen-bond donors (Lipinski definition) is 3. The Hall–Kier alpha value is -3.60. The Morgan fingerprint density at radius 1 is 1.09 bits per heavy atom. The lowest BCUT2D eigenvalue weighted by atomic mass is 9.79. The monoisotopic (exact) mass is 470 g/mol. The van der Waals surface area contributed by atoms with Crippen LogP contribution in [-0.4, -0.2) is 74.9 Å². The van der Waals surface area contributed by atoms with Crippen LogP contribution in [0.15, 0.2) is 55.1 Å². The van der Waals surface area contributed by atoms with Crippen LogP contribution in [0.25, 0.3) is 12.2 Å². The molecule has 3 N–H and O–H groups in total. The highest BCUT2D eigenvalue weighted by molar-refractivity contribution is 5.87. The molecule has 0 unspecified atom stereocenters. The molecule has 1 fully saturated rings. The second kappa shape index (κ2) is 11.5. The molecule has 1 aliphatic rings. The zero-order valence-corrected chi connectivity index (χ0v) is 18.5. The third-order valence-electron chi connectivity index (χ3n) is 5.38. The molecule has 0 amide bonds. The van der Waals surface area contributed by atoms with Gasteiger partial charge in [0.25, 0.3) is 0 Å². The minimum Gasteiger partial charge on any atom is -0.497 e. The van der Waals surface area contributed by atoms with Gasteiger partial charge in [-0.15, -0.1) is 0 Å². The van der Waals surface area contributed by atoms with Gasteiger partial charge in [0, 0.05) is 36.9 Å².